The summed E-state index contributed by atoms with van der Waals surface area (Å²) in [7, 11) is 1.67. The number of carbonyl (C=O) groups excluding carboxylic acids is 6. The monoisotopic (exact) mass is 669 g/mol. The van der Waals surface area contributed by atoms with Crippen molar-refractivity contribution >= 4 is 35.4 Å². The number of nitrogens with one attached hydrogen (secondary N) is 3. The molecular formula is C35H68N6O6. The van der Waals surface area contributed by atoms with Crippen molar-refractivity contribution in [2.75, 3.05) is 20.1 Å². The number of nitrogens with zero attached hydrogens (tertiary/aromatic N) is 2. The largest absolute Gasteiger partial charge is 0.363 e. The molecule has 47 heavy (non-hydrogen) atoms. The zero-order chi connectivity index (χ0) is 37.1. The molecule has 1 saturated heterocycles. The van der Waals surface area contributed by atoms with Crippen molar-refractivity contribution in [2.24, 2.45) is 23.0 Å². The van der Waals surface area contributed by atoms with Crippen molar-refractivity contribution in [1.82, 2.24) is 25.8 Å². The molecule has 2 rings (SSSR count). The molecule has 4 unspecified atom stereocenters. The summed E-state index contributed by atoms with van der Waals surface area (Å²) < 4.78 is 0. The minimum absolute atomic E-state index is 0.0242. The Labute approximate surface area is 285 Å². The van der Waals surface area contributed by atoms with E-state index in [1.165, 1.54) is 4.90 Å². The van der Waals surface area contributed by atoms with Crippen LogP contribution in [0.4, 0.5) is 4.79 Å². The predicted molar refractivity (Wildman–Crippen MR) is 188 cm³/mol. The molecule has 1 saturated carbocycles. The molecule has 12 heteroatoms. The first-order valence-electron chi connectivity index (χ1n) is 17.6. The Bertz CT molecular complexity index is 989. The average molecular weight is 669 g/mol. The van der Waals surface area contributed by atoms with Crippen LogP contribution in [0.25, 0.3) is 0 Å². The zero-order valence-electron chi connectivity index (χ0n) is 31.7. The average Bonchev–Trinajstić information content (AvgIpc) is 3.49. The van der Waals surface area contributed by atoms with Crippen molar-refractivity contribution < 1.29 is 28.8 Å². The molecule has 1 aliphatic heterocycles. The summed E-state index contributed by atoms with van der Waals surface area (Å²) in [5.41, 5.74) is 4.51. The highest BCUT2D eigenvalue weighted by molar-refractivity contribution is 6.37. The lowest BCUT2D eigenvalue weighted by atomic mass is 9.80. The molecule has 0 radical (unpaired) electrons. The van der Waals surface area contributed by atoms with E-state index in [0.29, 0.717) is 25.8 Å². The summed E-state index contributed by atoms with van der Waals surface area (Å²) in [6.07, 6.45) is 4.96. The summed E-state index contributed by atoms with van der Waals surface area (Å²) in [4.78, 5) is 78.9. The first kappa shape index (κ1) is 45.9. The highest BCUT2D eigenvalue weighted by atomic mass is 16.2. The van der Waals surface area contributed by atoms with E-state index < -0.39 is 53.1 Å². The third-order valence-corrected chi connectivity index (χ3v) is 7.94. The standard InChI is InChI=1S/C27H46N6O6.C4H10.2C2H6/c1-7-16(2)32(6)20(34)15-29-26(39)31-22(27(3,4)5)25(38)33-13-9-12-19(33)24(37)30-18(21(35)23(28)36)14-17-10-8-11-17;1-4(2)3;2*1-2/h16-19,22H,7-15H2,1-6H3,(H2,28,36)(H,30,37)(H2,29,31,39);4H,1-3H3;2*1-2H3. The van der Waals surface area contributed by atoms with Gasteiger partial charge in [0.2, 0.25) is 23.5 Å². The second-order valence-corrected chi connectivity index (χ2v) is 13.6. The number of amides is 6. The van der Waals surface area contributed by atoms with Crippen LogP contribution in [0.1, 0.15) is 128 Å². The first-order chi connectivity index (χ1) is 21.9. The zero-order valence-corrected chi connectivity index (χ0v) is 31.7. The molecule has 0 aromatic carbocycles. The van der Waals surface area contributed by atoms with E-state index in [9.17, 15) is 28.8 Å². The number of urea groups is 1. The van der Waals surface area contributed by atoms with E-state index in [2.05, 4.69) is 36.7 Å². The molecule has 0 aromatic rings. The smallest absolute Gasteiger partial charge is 0.315 e. The van der Waals surface area contributed by atoms with Gasteiger partial charge in [0.25, 0.3) is 5.91 Å². The summed E-state index contributed by atoms with van der Waals surface area (Å²) in [5.74, 6) is -2.08. The van der Waals surface area contributed by atoms with Crippen LogP contribution in [0.5, 0.6) is 0 Å². The Morgan fingerprint density at radius 1 is 0.894 bits per heavy atom. The van der Waals surface area contributed by atoms with Crippen LogP contribution in [0.15, 0.2) is 0 Å². The van der Waals surface area contributed by atoms with Crippen molar-refractivity contribution in [3.63, 3.8) is 0 Å². The fourth-order valence-corrected chi connectivity index (χ4v) is 4.83. The lowest BCUT2D eigenvalue weighted by molar-refractivity contribution is -0.143. The van der Waals surface area contributed by atoms with Gasteiger partial charge in [0.15, 0.2) is 0 Å². The van der Waals surface area contributed by atoms with Gasteiger partial charge in [-0.05, 0) is 49.9 Å². The molecule has 6 amide bonds. The number of rotatable bonds is 12. The second-order valence-electron chi connectivity index (χ2n) is 13.6. The van der Waals surface area contributed by atoms with Crippen LogP contribution in [0.3, 0.4) is 0 Å². The van der Waals surface area contributed by atoms with E-state index in [0.717, 1.165) is 31.6 Å². The maximum absolute atomic E-state index is 13.7. The minimum Gasteiger partial charge on any atom is -0.363 e. The molecule has 5 N–H and O–H groups in total. The van der Waals surface area contributed by atoms with Gasteiger partial charge >= 0.3 is 6.03 Å². The second kappa shape index (κ2) is 23.2. The van der Waals surface area contributed by atoms with Gasteiger partial charge in [-0.15, -0.1) is 0 Å². The summed E-state index contributed by atoms with van der Waals surface area (Å²) >= 11 is 0. The van der Waals surface area contributed by atoms with Gasteiger partial charge in [-0.3, -0.25) is 24.0 Å². The summed E-state index contributed by atoms with van der Waals surface area (Å²) in [6.45, 7) is 23.8. The number of ketones is 1. The van der Waals surface area contributed by atoms with E-state index >= 15 is 0 Å². The Balaban J connectivity index is 0. The normalized spacial score (nSPS) is 17.4. The molecule has 12 nitrogen and oxygen atoms in total. The fourth-order valence-electron chi connectivity index (χ4n) is 4.83. The maximum Gasteiger partial charge on any atom is 0.315 e. The number of Topliss-reactive ketones (excluding diaryl/α,β-unsaturated/α-hetero) is 1. The van der Waals surface area contributed by atoms with E-state index in [4.69, 9.17) is 5.73 Å². The van der Waals surface area contributed by atoms with Gasteiger partial charge in [0, 0.05) is 19.6 Å². The fraction of sp³-hybridized carbons (Fsp3) is 0.829. The Morgan fingerprint density at radius 2 is 1.43 bits per heavy atom. The molecule has 4 atom stereocenters. The van der Waals surface area contributed by atoms with E-state index in [-0.39, 0.29) is 24.4 Å². The Kier molecular flexibility index (Phi) is 22.7. The van der Waals surface area contributed by atoms with Crippen molar-refractivity contribution in [3.8, 4) is 0 Å². The molecule has 2 fully saturated rings. The molecule has 1 aliphatic carbocycles. The quantitative estimate of drug-likeness (QED) is 0.225. The van der Waals surface area contributed by atoms with E-state index in [1.807, 2.05) is 41.5 Å². The Morgan fingerprint density at radius 3 is 1.85 bits per heavy atom. The molecule has 2 aliphatic rings. The molecule has 0 bridgehead atoms. The number of carbonyl (C=O) groups is 6. The summed E-state index contributed by atoms with van der Waals surface area (Å²) in [5, 5.41) is 7.89. The number of nitrogens with two attached hydrogens (primary N) is 1. The number of likely N-dealkylation sites (N-methyl/N-ethyl adjacent to an activating group) is 1. The van der Waals surface area contributed by atoms with Crippen molar-refractivity contribution in [3.05, 3.63) is 0 Å². The number of likely N-dealkylation sites (tertiary alicyclic amines) is 1. The highest BCUT2D eigenvalue weighted by Crippen LogP contribution is 2.31. The van der Waals surface area contributed by atoms with Gasteiger partial charge in [-0.2, -0.15) is 0 Å². The van der Waals surface area contributed by atoms with Crippen LogP contribution < -0.4 is 21.7 Å². The molecule has 1 heterocycles. The maximum atomic E-state index is 13.7. The topological polar surface area (TPSA) is 171 Å². The molecule has 0 spiro atoms. The van der Waals surface area contributed by atoms with Crippen molar-refractivity contribution in [2.45, 2.75) is 152 Å². The van der Waals surface area contributed by atoms with Gasteiger partial charge in [0.05, 0.1) is 12.6 Å². The lowest BCUT2D eigenvalue weighted by Crippen LogP contribution is -2.60. The number of primary amides is 1. The van der Waals surface area contributed by atoms with Gasteiger partial charge in [-0.1, -0.05) is 95.4 Å². The van der Waals surface area contributed by atoms with Gasteiger partial charge < -0.3 is 31.5 Å². The minimum atomic E-state index is -1.10. The number of hydrogen-bond acceptors (Lipinski definition) is 6. The van der Waals surface area contributed by atoms with E-state index in [1.54, 1.807) is 32.7 Å². The highest BCUT2D eigenvalue weighted by Gasteiger charge is 2.43. The molecular weight excluding hydrogens is 600 g/mol. The predicted octanol–water partition coefficient (Wildman–Crippen LogP) is 4.39. The third kappa shape index (κ3) is 16.5. The van der Waals surface area contributed by atoms with Crippen molar-refractivity contribution in [1.29, 1.82) is 0 Å². The van der Waals surface area contributed by atoms with Gasteiger partial charge in [-0.25, -0.2) is 4.79 Å². The first-order valence-corrected chi connectivity index (χ1v) is 17.6. The third-order valence-electron chi connectivity index (χ3n) is 7.94. The number of hydrogen-bond donors (Lipinski definition) is 4. The Hall–Kier alpha value is -3.18. The van der Waals surface area contributed by atoms with Gasteiger partial charge in [0.1, 0.15) is 12.1 Å². The van der Waals surface area contributed by atoms with Crippen LogP contribution in [-0.4, -0.2) is 89.5 Å². The van der Waals surface area contributed by atoms with Crippen LogP contribution >= 0.6 is 0 Å². The lowest BCUT2D eigenvalue weighted by Gasteiger charge is -2.36. The van der Waals surface area contributed by atoms with Crippen LogP contribution in [0.2, 0.25) is 0 Å². The molecule has 0 aromatic heterocycles. The SMILES string of the molecule is CC.CC.CC(C)C.CCC(C)N(C)C(=O)CNC(=O)NC(C(=O)N1CCCC1C(=O)NC(CC1CCC1)C(=O)C(N)=O)C(C)(C)C. The van der Waals surface area contributed by atoms with Crippen LogP contribution in [0, 0.1) is 17.3 Å². The van der Waals surface area contributed by atoms with Crippen LogP contribution in [-0.2, 0) is 24.0 Å². The summed E-state index contributed by atoms with van der Waals surface area (Å²) in [6, 6.07) is -3.49. The molecule has 274 valence electrons.